The van der Waals surface area contributed by atoms with Gasteiger partial charge in [0, 0.05) is 18.5 Å². The van der Waals surface area contributed by atoms with Crippen molar-refractivity contribution in [2.75, 3.05) is 24.8 Å². The van der Waals surface area contributed by atoms with Crippen LogP contribution >= 0.6 is 27.3 Å². The molecule has 0 saturated carbocycles. The maximum Gasteiger partial charge on any atom is 0.330 e. The van der Waals surface area contributed by atoms with E-state index in [4.69, 9.17) is 10.5 Å². The van der Waals surface area contributed by atoms with Gasteiger partial charge < -0.3 is 15.8 Å². The zero-order valence-electron chi connectivity index (χ0n) is 11.3. The van der Waals surface area contributed by atoms with Crippen LogP contribution in [0.25, 0.3) is 0 Å². The number of anilines is 2. The van der Waals surface area contributed by atoms with E-state index in [2.05, 4.69) is 26.2 Å². The Hall–Kier alpha value is -1.58. The van der Waals surface area contributed by atoms with E-state index in [1.165, 1.54) is 11.7 Å². The van der Waals surface area contributed by atoms with Gasteiger partial charge in [-0.3, -0.25) is 14.3 Å². The molecule has 0 saturated heterocycles. The summed E-state index contributed by atoms with van der Waals surface area (Å²) in [6.07, 6.45) is 0. The van der Waals surface area contributed by atoms with Gasteiger partial charge in [0.15, 0.2) is 0 Å². The zero-order valence-corrected chi connectivity index (χ0v) is 13.7. The SMILES string of the molecule is COCCn1c(N)c(NCc2ccc(Br)s2)c(=O)[nH]c1=O. The summed E-state index contributed by atoms with van der Waals surface area (Å²) in [6, 6.07) is 3.86. The number of H-pyrrole nitrogens is 1. The molecule has 2 aromatic heterocycles. The van der Waals surface area contributed by atoms with Crippen molar-refractivity contribution in [2.24, 2.45) is 0 Å². The Balaban J connectivity index is 2.26. The Bertz CT molecular complexity index is 737. The summed E-state index contributed by atoms with van der Waals surface area (Å²) in [6.45, 7) is 1.05. The fourth-order valence-corrected chi connectivity index (χ4v) is 3.21. The number of aromatic nitrogens is 2. The number of nitrogens with two attached hydrogens (primary N) is 1. The second kappa shape index (κ2) is 6.92. The minimum atomic E-state index is -0.543. The summed E-state index contributed by atoms with van der Waals surface area (Å²) in [5, 5.41) is 2.98. The average Bonchev–Trinajstić information content (AvgIpc) is 2.84. The van der Waals surface area contributed by atoms with Crippen LogP contribution in [0.4, 0.5) is 11.5 Å². The Morgan fingerprint density at radius 1 is 1.48 bits per heavy atom. The van der Waals surface area contributed by atoms with Crippen molar-refractivity contribution in [1.29, 1.82) is 0 Å². The lowest BCUT2D eigenvalue weighted by atomic mass is 10.4. The predicted molar refractivity (Wildman–Crippen MR) is 87.0 cm³/mol. The van der Waals surface area contributed by atoms with E-state index >= 15 is 0 Å². The quantitative estimate of drug-likeness (QED) is 0.704. The molecule has 0 unspecified atom stereocenters. The molecule has 0 amide bonds. The number of hydrogen-bond acceptors (Lipinski definition) is 6. The molecule has 7 nitrogen and oxygen atoms in total. The second-order valence-electron chi connectivity index (χ2n) is 4.22. The third kappa shape index (κ3) is 3.74. The van der Waals surface area contributed by atoms with E-state index in [0.29, 0.717) is 13.2 Å². The van der Waals surface area contributed by atoms with Gasteiger partial charge in [-0.05, 0) is 28.1 Å². The van der Waals surface area contributed by atoms with Gasteiger partial charge in [-0.1, -0.05) is 0 Å². The van der Waals surface area contributed by atoms with Crippen molar-refractivity contribution in [1.82, 2.24) is 9.55 Å². The van der Waals surface area contributed by atoms with Crippen LogP contribution in [-0.2, 0) is 17.8 Å². The largest absolute Gasteiger partial charge is 0.383 e. The van der Waals surface area contributed by atoms with Gasteiger partial charge in [-0.25, -0.2) is 4.79 Å². The number of hydrogen-bond donors (Lipinski definition) is 3. The molecule has 0 spiro atoms. The number of nitrogens with one attached hydrogen (secondary N) is 2. The van der Waals surface area contributed by atoms with E-state index < -0.39 is 11.2 Å². The van der Waals surface area contributed by atoms with E-state index in [1.807, 2.05) is 12.1 Å². The van der Waals surface area contributed by atoms with Crippen LogP contribution in [0.2, 0.25) is 0 Å². The van der Waals surface area contributed by atoms with E-state index in [1.54, 1.807) is 11.3 Å². The molecule has 2 aromatic rings. The van der Waals surface area contributed by atoms with Crippen molar-refractivity contribution < 1.29 is 4.74 Å². The van der Waals surface area contributed by atoms with Crippen molar-refractivity contribution >= 4 is 38.8 Å². The van der Waals surface area contributed by atoms with Gasteiger partial charge in [-0.2, -0.15) is 0 Å². The zero-order chi connectivity index (χ0) is 15.4. The van der Waals surface area contributed by atoms with E-state index in [9.17, 15) is 9.59 Å². The molecule has 9 heteroatoms. The molecule has 2 rings (SSSR count). The van der Waals surface area contributed by atoms with Crippen LogP contribution in [0.1, 0.15) is 4.88 Å². The average molecular weight is 375 g/mol. The molecule has 114 valence electrons. The summed E-state index contributed by atoms with van der Waals surface area (Å²) in [4.78, 5) is 26.9. The highest BCUT2D eigenvalue weighted by atomic mass is 79.9. The fourth-order valence-electron chi connectivity index (χ4n) is 1.79. The molecule has 0 aliphatic heterocycles. The van der Waals surface area contributed by atoms with Gasteiger partial charge in [0.25, 0.3) is 5.56 Å². The van der Waals surface area contributed by atoms with Crippen molar-refractivity contribution in [3.05, 3.63) is 41.6 Å². The molecule has 0 aliphatic rings. The van der Waals surface area contributed by atoms with Crippen molar-refractivity contribution in [3.8, 4) is 0 Å². The number of nitrogens with zero attached hydrogens (tertiary/aromatic N) is 1. The first-order valence-corrected chi connectivity index (χ1v) is 7.73. The molecule has 0 bridgehead atoms. The van der Waals surface area contributed by atoms with Crippen LogP contribution < -0.4 is 22.3 Å². The summed E-state index contributed by atoms with van der Waals surface area (Å²) in [5.74, 6) is 0.108. The lowest BCUT2D eigenvalue weighted by Gasteiger charge is -2.13. The molecule has 0 atom stereocenters. The summed E-state index contributed by atoms with van der Waals surface area (Å²) in [7, 11) is 1.53. The number of rotatable bonds is 6. The van der Waals surface area contributed by atoms with Crippen LogP contribution in [0.15, 0.2) is 25.5 Å². The van der Waals surface area contributed by atoms with Crippen LogP contribution in [0.3, 0.4) is 0 Å². The monoisotopic (exact) mass is 374 g/mol. The summed E-state index contributed by atoms with van der Waals surface area (Å²) < 4.78 is 7.21. The second-order valence-corrected chi connectivity index (χ2v) is 6.77. The standard InChI is InChI=1S/C12H15BrN4O3S/c1-20-5-4-17-10(14)9(11(18)16-12(17)19)15-6-7-2-3-8(13)21-7/h2-3,15H,4-6,14H2,1H3,(H,16,18,19). The third-order valence-corrected chi connectivity index (χ3v) is 4.45. The smallest absolute Gasteiger partial charge is 0.330 e. The lowest BCUT2D eigenvalue weighted by Crippen LogP contribution is -2.34. The third-order valence-electron chi connectivity index (χ3n) is 2.83. The normalized spacial score (nSPS) is 10.8. The molecular formula is C12H15BrN4O3S. The van der Waals surface area contributed by atoms with Gasteiger partial charge in [-0.15, -0.1) is 11.3 Å². The highest BCUT2D eigenvalue weighted by Crippen LogP contribution is 2.23. The maximum absolute atomic E-state index is 11.9. The minimum Gasteiger partial charge on any atom is -0.383 e. The molecule has 4 N–H and O–H groups in total. The molecule has 0 aliphatic carbocycles. The van der Waals surface area contributed by atoms with Crippen molar-refractivity contribution in [2.45, 2.75) is 13.1 Å². The number of halogens is 1. The van der Waals surface area contributed by atoms with Gasteiger partial charge in [0.1, 0.15) is 11.5 Å². The number of aromatic amines is 1. The first kappa shape index (κ1) is 15.8. The highest BCUT2D eigenvalue weighted by Gasteiger charge is 2.12. The Morgan fingerprint density at radius 3 is 2.86 bits per heavy atom. The molecule has 21 heavy (non-hydrogen) atoms. The van der Waals surface area contributed by atoms with Gasteiger partial charge in [0.2, 0.25) is 0 Å². The summed E-state index contributed by atoms with van der Waals surface area (Å²) >= 11 is 4.93. The molecule has 0 fully saturated rings. The minimum absolute atomic E-state index is 0.108. The molecule has 0 aromatic carbocycles. The Labute approximate surface area is 132 Å². The van der Waals surface area contributed by atoms with Crippen LogP contribution in [-0.4, -0.2) is 23.3 Å². The number of nitrogen functional groups attached to an aromatic ring is 1. The van der Waals surface area contributed by atoms with E-state index in [-0.39, 0.29) is 18.1 Å². The van der Waals surface area contributed by atoms with Gasteiger partial charge >= 0.3 is 5.69 Å². The first-order chi connectivity index (χ1) is 10.0. The van der Waals surface area contributed by atoms with Gasteiger partial charge in [0.05, 0.1) is 16.9 Å². The first-order valence-electron chi connectivity index (χ1n) is 6.12. The number of thiophene rings is 1. The number of ether oxygens (including phenoxy) is 1. The Kier molecular flexibility index (Phi) is 5.21. The Morgan fingerprint density at radius 2 is 2.24 bits per heavy atom. The van der Waals surface area contributed by atoms with Crippen LogP contribution in [0.5, 0.6) is 0 Å². The highest BCUT2D eigenvalue weighted by molar-refractivity contribution is 9.11. The topological polar surface area (TPSA) is 102 Å². The van der Waals surface area contributed by atoms with E-state index in [0.717, 1.165) is 8.66 Å². The lowest BCUT2D eigenvalue weighted by molar-refractivity contribution is 0.186. The van der Waals surface area contributed by atoms with Crippen molar-refractivity contribution in [3.63, 3.8) is 0 Å². The fraction of sp³-hybridized carbons (Fsp3) is 0.333. The maximum atomic E-state index is 11.9. The van der Waals surface area contributed by atoms with Crippen LogP contribution in [0, 0.1) is 0 Å². The summed E-state index contributed by atoms with van der Waals surface area (Å²) in [5.41, 5.74) is 5.04. The molecule has 2 heterocycles. The molecular weight excluding hydrogens is 360 g/mol. The predicted octanol–water partition coefficient (Wildman–Crippen LogP) is 1.20. The molecule has 0 radical (unpaired) electrons. The number of methoxy groups -OCH3 is 1.